The normalized spacial score (nSPS) is 15.2. The Balaban J connectivity index is 1.95. The lowest BCUT2D eigenvalue weighted by molar-refractivity contribution is 0.661. The summed E-state index contributed by atoms with van der Waals surface area (Å²) >= 11 is 0. The van der Waals surface area contributed by atoms with E-state index in [1.807, 2.05) is 12.4 Å². The Hall–Kier alpha value is -2.61. The molecular formula is C20H16N2. The van der Waals surface area contributed by atoms with Crippen molar-refractivity contribution in [1.29, 1.82) is 0 Å². The molecule has 4 aromatic rings. The lowest BCUT2D eigenvalue weighted by atomic mass is 9.82. The number of hydrogen-bond acceptors (Lipinski definition) is 1. The second kappa shape index (κ2) is 3.77. The van der Waals surface area contributed by atoms with Crippen LogP contribution in [0.5, 0.6) is 0 Å². The van der Waals surface area contributed by atoms with Crippen molar-refractivity contribution in [2.45, 2.75) is 19.3 Å². The number of nitrogens with one attached hydrogen (secondary N) is 1. The second-order valence-electron chi connectivity index (χ2n) is 6.66. The minimum atomic E-state index is 0.0523. The van der Waals surface area contributed by atoms with E-state index in [1.165, 1.54) is 38.5 Å². The smallest absolute Gasteiger partial charge is 0.0651 e. The van der Waals surface area contributed by atoms with Gasteiger partial charge in [-0.3, -0.25) is 4.98 Å². The van der Waals surface area contributed by atoms with Crippen LogP contribution in [0, 0.1) is 0 Å². The monoisotopic (exact) mass is 284 g/mol. The summed E-state index contributed by atoms with van der Waals surface area (Å²) in [6.07, 6.45) is 3.77. The van der Waals surface area contributed by atoms with Crippen LogP contribution in [0.15, 0.2) is 54.9 Å². The first kappa shape index (κ1) is 12.0. The average molecular weight is 284 g/mol. The molecule has 0 atom stereocenters. The number of aromatic amines is 1. The van der Waals surface area contributed by atoms with Gasteiger partial charge >= 0.3 is 0 Å². The maximum atomic E-state index is 4.22. The Bertz CT molecular complexity index is 1050. The van der Waals surface area contributed by atoms with Gasteiger partial charge in [0.05, 0.1) is 11.7 Å². The van der Waals surface area contributed by atoms with E-state index in [-0.39, 0.29) is 5.41 Å². The van der Waals surface area contributed by atoms with Crippen molar-refractivity contribution in [1.82, 2.24) is 9.97 Å². The summed E-state index contributed by atoms with van der Waals surface area (Å²) in [5.41, 5.74) is 7.90. The van der Waals surface area contributed by atoms with E-state index in [1.54, 1.807) is 0 Å². The molecule has 1 aliphatic carbocycles. The van der Waals surface area contributed by atoms with Gasteiger partial charge in [0.2, 0.25) is 0 Å². The van der Waals surface area contributed by atoms with Crippen LogP contribution in [0.25, 0.3) is 32.9 Å². The quantitative estimate of drug-likeness (QED) is 0.482. The highest BCUT2D eigenvalue weighted by Crippen LogP contribution is 2.50. The Morgan fingerprint density at radius 3 is 2.64 bits per heavy atom. The molecule has 0 aliphatic heterocycles. The first-order valence-corrected chi connectivity index (χ1v) is 7.66. The number of nitrogens with zero attached hydrogens (tertiary/aromatic N) is 1. The number of hydrogen-bond donors (Lipinski definition) is 1. The minimum absolute atomic E-state index is 0.0523. The molecular weight excluding hydrogens is 268 g/mol. The van der Waals surface area contributed by atoms with Gasteiger partial charge in [-0.1, -0.05) is 38.1 Å². The lowest BCUT2D eigenvalue weighted by Crippen LogP contribution is -2.14. The number of pyridine rings is 1. The Labute approximate surface area is 128 Å². The van der Waals surface area contributed by atoms with Crippen molar-refractivity contribution in [2.75, 3.05) is 0 Å². The summed E-state index contributed by atoms with van der Waals surface area (Å²) in [6, 6.07) is 15.5. The number of rotatable bonds is 0. The standard InChI is InChI=1S/C20H16N2/c1-20(2)16-6-4-3-5-12(16)14-10-18-15(9-17(14)20)13-7-8-21-11-19(13)22-18/h3-11,22H,1-2H3. The predicted octanol–water partition coefficient (Wildman–Crippen LogP) is 5.02. The van der Waals surface area contributed by atoms with E-state index < -0.39 is 0 Å². The van der Waals surface area contributed by atoms with Crippen LogP contribution in [0.2, 0.25) is 0 Å². The molecule has 0 bridgehead atoms. The molecule has 0 saturated heterocycles. The van der Waals surface area contributed by atoms with Gasteiger partial charge < -0.3 is 4.98 Å². The maximum Gasteiger partial charge on any atom is 0.0651 e. The average Bonchev–Trinajstić information content (AvgIpc) is 3.00. The lowest BCUT2D eigenvalue weighted by Gasteiger charge is -2.21. The van der Waals surface area contributed by atoms with Crippen LogP contribution in [0.3, 0.4) is 0 Å². The molecule has 0 radical (unpaired) electrons. The highest BCUT2D eigenvalue weighted by molar-refractivity contribution is 6.09. The number of H-pyrrole nitrogens is 1. The Kier molecular flexibility index (Phi) is 2.06. The molecule has 2 heteroatoms. The van der Waals surface area contributed by atoms with Gasteiger partial charge in [0.1, 0.15) is 0 Å². The molecule has 0 fully saturated rings. The third-order valence-corrected chi connectivity index (χ3v) is 5.10. The molecule has 0 unspecified atom stereocenters. The van der Waals surface area contributed by atoms with E-state index in [0.717, 1.165) is 5.52 Å². The summed E-state index contributed by atoms with van der Waals surface area (Å²) in [4.78, 5) is 7.72. The van der Waals surface area contributed by atoms with E-state index in [0.29, 0.717) is 0 Å². The minimum Gasteiger partial charge on any atom is -0.353 e. The van der Waals surface area contributed by atoms with Crippen molar-refractivity contribution in [3.63, 3.8) is 0 Å². The van der Waals surface area contributed by atoms with Crippen LogP contribution in [0.1, 0.15) is 25.0 Å². The molecule has 2 nitrogen and oxygen atoms in total. The molecule has 1 N–H and O–H groups in total. The van der Waals surface area contributed by atoms with Crippen LogP contribution >= 0.6 is 0 Å². The van der Waals surface area contributed by atoms with Crippen molar-refractivity contribution in [2.24, 2.45) is 0 Å². The van der Waals surface area contributed by atoms with E-state index in [9.17, 15) is 0 Å². The van der Waals surface area contributed by atoms with Crippen molar-refractivity contribution < 1.29 is 0 Å². The fourth-order valence-electron chi connectivity index (χ4n) is 3.95. The molecule has 5 rings (SSSR count). The zero-order chi connectivity index (χ0) is 14.9. The zero-order valence-corrected chi connectivity index (χ0v) is 12.6. The zero-order valence-electron chi connectivity index (χ0n) is 12.6. The fourth-order valence-corrected chi connectivity index (χ4v) is 3.95. The first-order valence-electron chi connectivity index (χ1n) is 7.66. The fraction of sp³-hybridized carbons (Fsp3) is 0.150. The van der Waals surface area contributed by atoms with Gasteiger partial charge in [0.25, 0.3) is 0 Å². The number of aromatic nitrogens is 2. The van der Waals surface area contributed by atoms with Crippen molar-refractivity contribution in [3.8, 4) is 11.1 Å². The summed E-state index contributed by atoms with van der Waals surface area (Å²) < 4.78 is 0. The van der Waals surface area contributed by atoms with Gasteiger partial charge in [-0.05, 0) is 40.5 Å². The largest absolute Gasteiger partial charge is 0.353 e. The third-order valence-electron chi connectivity index (χ3n) is 5.10. The molecule has 2 aromatic carbocycles. The van der Waals surface area contributed by atoms with Crippen molar-refractivity contribution >= 4 is 21.8 Å². The van der Waals surface area contributed by atoms with Crippen LogP contribution in [-0.4, -0.2) is 9.97 Å². The van der Waals surface area contributed by atoms with Crippen LogP contribution < -0.4 is 0 Å². The Morgan fingerprint density at radius 1 is 0.864 bits per heavy atom. The molecule has 0 spiro atoms. The molecule has 0 amide bonds. The van der Waals surface area contributed by atoms with Crippen molar-refractivity contribution in [3.05, 3.63) is 66.0 Å². The number of benzene rings is 2. The van der Waals surface area contributed by atoms with Gasteiger partial charge in [-0.2, -0.15) is 0 Å². The predicted molar refractivity (Wildman–Crippen MR) is 91.2 cm³/mol. The SMILES string of the molecule is CC1(C)c2ccccc2-c2cc3[nH]c4cnccc4c3cc21. The molecule has 1 aliphatic rings. The molecule has 2 heterocycles. The Morgan fingerprint density at radius 2 is 1.73 bits per heavy atom. The van der Waals surface area contributed by atoms with Crippen LogP contribution in [-0.2, 0) is 5.41 Å². The maximum absolute atomic E-state index is 4.22. The second-order valence-corrected chi connectivity index (χ2v) is 6.66. The highest BCUT2D eigenvalue weighted by Gasteiger charge is 2.35. The summed E-state index contributed by atoms with van der Waals surface area (Å²) in [7, 11) is 0. The van der Waals surface area contributed by atoms with E-state index in [2.05, 4.69) is 66.3 Å². The van der Waals surface area contributed by atoms with Crippen LogP contribution in [0.4, 0.5) is 0 Å². The summed E-state index contributed by atoms with van der Waals surface area (Å²) in [6.45, 7) is 4.64. The van der Waals surface area contributed by atoms with E-state index >= 15 is 0 Å². The summed E-state index contributed by atoms with van der Waals surface area (Å²) in [5.74, 6) is 0. The first-order chi connectivity index (χ1) is 10.7. The van der Waals surface area contributed by atoms with Gasteiger partial charge in [0, 0.05) is 27.9 Å². The van der Waals surface area contributed by atoms with Gasteiger partial charge in [-0.15, -0.1) is 0 Å². The van der Waals surface area contributed by atoms with E-state index in [4.69, 9.17) is 0 Å². The molecule has 0 saturated carbocycles. The molecule has 2 aromatic heterocycles. The van der Waals surface area contributed by atoms with Gasteiger partial charge in [0.15, 0.2) is 0 Å². The topological polar surface area (TPSA) is 28.7 Å². The highest BCUT2D eigenvalue weighted by atomic mass is 14.7. The third kappa shape index (κ3) is 1.32. The number of fused-ring (bicyclic) bond motifs is 6. The molecule has 22 heavy (non-hydrogen) atoms. The summed E-state index contributed by atoms with van der Waals surface area (Å²) in [5, 5.41) is 2.54. The molecule has 106 valence electrons. The van der Waals surface area contributed by atoms with Gasteiger partial charge in [-0.25, -0.2) is 0 Å².